The molecule has 8 nitrogen and oxygen atoms in total. The zero-order valence-electron chi connectivity index (χ0n) is 13.1. The van der Waals surface area contributed by atoms with Gasteiger partial charge in [0.2, 0.25) is 0 Å². The monoisotopic (exact) mass is 357 g/mol. The molecule has 0 aliphatic rings. The number of aromatic nitrogens is 3. The van der Waals surface area contributed by atoms with Crippen LogP contribution in [0.4, 0.5) is 0 Å². The molecule has 0 atom stereocenters. The first kappa shape index (κ1) is 16.8. The van der Waals surface area contributed by atoms with E-state index >= 15 is 0 Å². The molecular weight excluding hydrogens is 342 g/mol. The minimum Gasteiger partial charge on any atom is -0.347 e. The zero-order valence-corrected chi connectivity index (χ0v) is 14.0. The molecule has 0 fully saturated rings. The Bertz CT molecular complexity index is 952. The maximum absolute atomic E-state index is 12.2. The van der Waals surface area contributed by atoms with E-state index in [9.17, 15) is 14.4 Å². The largest absolute Gasteiger partial charge is 0.347 e. The zero-order chi connectivity index (χ0) is 17.6. The van der Waals surface area contributed by atoms with E-state index in [0.29, 0.717) is 23.9 Å². The van der Waals surface area contributed by atoms with Gasteiger partial charge in [0.15, 0.2) is 0 Å². The smallest absolute Gasteiger partial charge is 0.310 e. The summed E-state index contributed by atoms with van der Waals surface area (Å²) in [5.41, 5.74) is 0.0883. The lowest BCUT2D eigenvalue weighted by Gasteiger charge is -2.07. The lowest BCUT2D eigenvalue weighted by atomic mass is 10.2. The summed E-state index contributed by atoms with van der Waals surface area (Å²) < 4.78 is 0.999. The molecule has 25 heavy (non-hydrogen) atoms. The Balaban J connectivity index is 1.54. The highest BCUT2D eigenvalue weighted by atomic mass is 32.1. The molecule has 128 valence electrons. The van der Waals surface area contributed by atoms with Gasteiger partial charge in [-0.05, 0) is 30.0 Å². The molecule has 2 amide bonds. The molecule has 0 unspecified atom stereocenters. The Morgan fingerprint density at radius 2 is 1.88 bits per heavy atom. The first-order valence-corrected chi connectivity index (χ1v) is 8.44. The van der Waals surface area contributed by atoms with Crippen LogP contribution in [0.25, 0.3) is 10.9 Å². The molecule has 3 aromatic rings. The predicted octanol–water partition coefficient (Wildman–Crippen LogP) is 0.286. The number of hydrogen-bond donors (Lipinski definition) is 2. The molecule has 0 saturated heterocycles. The lowest BCUT2D eigenvalue weighted by Crippen LogP contribution is -2.43. The number of nitrogens with zero attached hydrogens (tertiary/aromatic N) is 3. The van der Waals surface area contributed by atoms with E-state index in [4.69, 9.17) is 0 Å². The fourth-order valence-electron chi connectivity index (χ4n) is 2.19. The summed E-state index contributed by atoms with van der Waals surface area (Å²) in [5.74, 6) is -1.58. The van der Waals surface area contributed by atoms with Crippen LogP contribution < -0.4 is 16.2 Å². The van der Waals surface area contributed by atoms with Crippen LogP contribution in [-0.4, -0.2) is 33.4 Å². The number of thiophene rings is 1. The Labute approximate surface area is 146 Å². The Morgan fingerprint density at radius 3 is 2.68 bits per heavy atom. The number of carbonyl (C=O) groups is 2. The van der Waals surface area contributed by atoms with E-state index in [1.54, 1.807) is 35.6 Å². The molecule has 0 bridgehead atoms. The van der Waals surface area contributed by atoms with Crippen molar-refractivity contribution < 1.29 is 9.59 Å². The van der Waals surface area contributed by atoms with Crippen LogP contribution in [0.3, 0.4) is 0 Å². The highest BCUT2D eigenvalue weighted by Crippen LogP contribution is 2.08. The second-order valence-electron chi connectivity index (χ2n) is 5.16. The van der Waals surface area contributed by atoms with Crippen LogP contribution in [0, 0.1) is 0 Å². The number of nitrogens with one attached hydrogen (secondary N) is 2. The van der Waals surface area contributed by atoms with Crippen LogP contribution >= 0.6 is 11.3 Å². The maximum atomic E-state index is 12.2. The molecule has 9 heteroatoms. The third-order valence-corrected chi connectivity index (χ3v) is 4.40. The van der Waals surface area contributed by atoms with Gasteiger partial charge in [-0.3, -0.25) is 14.4 Å². The molecule has 2 heterocycles. The normalized spacial score (nSPS) is 10.6. The quantitative estimate of drug-likeness (QED) is 0.638. The van der Waals surface area contributed by atoms with E-state index in [1.807, 2.05) is 17.5 Å². The van der Waals surface area contributed by atoms with Crippen molar-refractivity contribution in [3.05, 3.63) is 57.0 Å². The van der Waals surface area contributed by atoms with Crippen molar-refractivity contribution in [1.29, 1.82) is 0 Å². The Hall–Kier alpha value is -3.07. The highest BCUT2D eigenvalue weighted by molar-refractivity contribution is 7.09. The molecule has 0 radical (unpaired) electrons. The van der Waals surface area contributed by atoms with Crippen molar-refractivity contribution in [3.8, 4) is 0 Å². The van der Waals surface area contributed by atoms with Crippen LogP contribution in [0.1, 0.15) is 4.88 Å². The van der Waals surface area contributed by atoms with E-state index in [0.717, 1.165) is 9.56 Å². The van der Waals surface area contributed by atoms with Gasteiger partial charge in [0.05, 0.1) is 5.39 Å². The van der Waals surface area contributed by atoms with Crippen molar-refractivity contribution in [2.24, 2.45) is 0 Å². The lowest BCUT2D eigenvalue weighted by molar-refractivity contribution is -0.139. The van der Waals surface area contributed by atoms with Crippen LogP contribution in [0.5, 0.6) is 0 Å². The topological polar surface area (TPSA) is 106 Å². The molecule has 0 aliphatic carbocycles. The second-order valence-corrected chi connectivity index (χ2v) is 6.19. The third-order valence-electron chi connectivity index (χ3n) is 3.46. The van der Waals surface area contributed by atoms with Gasteiger partial charge in [-0.25, -0.2) is 0 Å². The Kier molecular flexibility index (Phi) is 5.14. The van der Waals surface area contributed by atoms with Crippen molar-refractivity contribution >= 4 is 34.1 Å². The summed E-state index contributed by atoms with van der Waals surface area (Å²) >= 11 is 1.59. The summed E-state index contributed by atoms with van der Waals surface area (Å²) in [5, 5.41) is 14.9. The Morgan fingerprint density at radius 1 is 1.08 bits per heavy atom. The fraction of sp³-hybridized carbons (Fsp3) is 0.188. The van der Waals surface area contributed by atoms with Crippen molar-refractivity contribution in [2.75, 3.05) is 6.54 Å². The van der Waals surface area contributed by atoms with E-state index in [1.165, 1.54) is 0 Å². The summed E-state index contributed by atoms with van der Waals surface area (Å²) in [6.07, 6.45) is 0.659. The molecule has 1 aromatic carbocycles. The van der Waals surface area contributed by atoms with E-state index < -0.39 is 11.8 Å². The van der Waals surface area contributed by atoms with Gasteiger partial charge in [0.1, 0.15) is 12.2 Å². The molecule has 0 spiro atoms. The molecule has 0 saturated carbocycles. The van der Waals surface area contributed by atoms with E-state index in [2.05, 4.69) is 20.9 Å². The second kappa shape index (κ2) is 7.67. The number of hydrogen-bond acceptors (Lipinski definition) is 6. The molecule has 3 rings (SSSR count). The number of amides is 2. The molecule has 2 aromatic heterocycles. The number of carbonyl (C=O) groups excluding carboxylic acids is 2. The summed E-state index contributed by atoms with van der Waals surface area (Å²) in [4.78, 5) is 36.9. The number of benzene rings is 1. The van der Waals surface area contributed by atoms with Crippen molar-refractivity contribution in [3.63, 3.8) is 0 Å². The van der Waals surface area contributed by atoms with Gasteiger partial charge in [-0.2, -0.15) is 4.68 Å². The standard InChI is InChI=1S/C16H15N5O3S/c22-14(17-8-7-11-4-3-9-25-11)15(23)18-10-21-16(24)12-5-1-2-6-13(12)19-20-21/h1-6,9H,7-8,10H2,(H,17,22)(H,18,23). The SMILES string of the molecule is O=C(NCCc1cccs1)C(=O)NCn1nnc2ccccc2c1=O. The highest BCUT2D eigenvalue weighted by Gasteiger charge is 2.13. The number of rotatable bonds is 5. The average Bonchev–Trinajstić information content (AvgIpc) is 3.14. The first-order chi connectivity index (χ1) is 12.1. The van der Waals surface area contributed by atoms with Gasteiger partial charge in [-0.15, -0.1) is 16.4 Å². The predicted molar refractivity (Wildman–Crippen MR) is 93.0 cm³/mol. The van der Waals surface area contributed by atoms with E-state index in [-0.39, 0.29) is 12.2 Å². The van der Waals surface area contributed by atoms with Gasteiger partial charge in [-0.1, -0.05) is 23.4 Å². The fourth-order valence-corrected chi connectivity index (χ4v) is 2.90. The summed E-state index contributed by atoms with van der Waals surface area (Å²) in [7, 11) is 0. The maximum Gasteiger partial charge on any atom is 0.310 e. The van der Waals surface area contributed by atoms with Crippen molar-refractivity contribution in [1.82, 2.24) is 25.6 Å². The third kappa shape index (κ3) is 4.07. The van der Waals surface area contributed by atoms with Crippen molar-refractivity contribution in [2.45, 2.75) is 13.1 Å². The first-order valence-electron chi connectivity index (χ1n) is 7.56. The minimum atomic E-state index is -0.826. The van der Waals surface area contributed by atoms with Gasteiger partial charge in [0, 0.05) is 11.4 Å². The van der Waals surface area contributed by atoms with Crippen LogP contribution in [-0.2, 0) is 22.7 Å². The van der Waals surface area contributed by atoms with Gasteiger partial charge < -0.3 is 10.6 Å². The minimum absolute atomic E-state index is 0.228. The molecule has 0 aliphatic heterocycles. The summed E-state index contributed by atoms with van der Waals surface area (Å²) in [6, 6.07) is 10.7. The van der Waals surface area contributed by atoms with Gasteiger partial charge >= 0.3 is 11.8 Å². The van der Waals surface area contributed by atoms with Crippen LogP contribution in [0.15, 0.2) is 46.6 Å². The number of fused-ring (bicyclic) bond motifs is 1. The average molecular weight is 357 g/mol. The van der Waals surface area contributed by atoms with Crippen LogP contribution in [0.2, 0.25) is 0 Å². The molecule has 2 N–H and O–H groups in total. The summed E-state index contributed by atoms with van der Waals surface area (Å²) in [6.45, 7) is 0.135. The molecular formula is C16H15N5O3S. The van der Waals surface area contributed by atoms with Gasteiger partial charge in [0.25, 0.3) is 5.56 Å².